The second kappa shape index (κ2) is 34.0. The van der Waals surface area contributed by atoms with Crippen LogP contribution in [0, 0.1) is 5.92 Å². The van der Waals surface area contributed by atoms with Gasteiger partial charge in [-0.05, 0) is 99.3 Å². The summed E-state index contributed by atoms with van der Waals surface area (Å²) in [6.45, 7) is 3.89. The Morgan fingerprint density at radius 2 is 1.26 bits per heavy atom. The molecule has 26 nitrogen and oxygen atoms in total. The van der Waals surface area contributed by atoms with Gasteiger partial charge in [-0.2, -0.15) is 31.4 Å². The number of thioether (sulfide) groups is 1. The van der Waals surface area contributed by atoms with E-state index in [9.17, 15) is 53.4 Å². The predicted octanol–water partition coefficient (Wildman–Crippen LogP) is -0.697. The number of nitrogens with one attached hydrogen (secondary N) is 9. The maximum Gasteiger partial charge on any atom is 0.326 e. The number of hydrogen-bond donors (Lipinski definition) is 15. The van der Waals surface area contributed by atoms with Gasteiger partial charge in [0.25, 0.3) is 0 Å². The molecule has 7 amide bonds. The molecule has 8 unspecified atom stereocenters. The monoisotopic (exact) mass is 1110 g/mol. The summed E-state index contributed by atoms with van der Waals surface area (Å²) in [5.74, 6) is -8.19. The number of carboxylic acids is 2. The number of aromatic nitrogens is 3. The molecule has 0 aliphatic heterocycles. The van der Waals surface area contributed by atoms with Crippen molar-refractivity contribution < 1.29 is 53.4 Å². The SMILES string of the molecule is C[N-]C(CS)C(=O)NC(CCC(=O)O)C(=O)NC(CC(C)C)C(=O)NC(CCCN=C(N)N)C(=O)NC(CCSC)C(=O)NC(Cc1cnc[nH]1)C(=O)NC(CCCCN)C(=O)NC(Cc1c[nH]c2ccccc12)C(=O)O. The molecule has 3 rings (SSSR count). The summed E-state index contributed by atoms with van der Waals surface area (Å²) in [4.78, 5) is 136. The Balaban J connectivity index is 1.92. The summed E-state index contributed by atoms with van der Waals surface area (Å²) >= 11 is 5.48. The number of rotatable bonds is 37. The van der Waals surface area contributed by atoms with E-state index in [0.717, 1.165) is 10.9 Å². The lowest BCUT2D eigenvalue weighted by molar-refractivity contribution is -0.142. The van der Waals surface area contributed by atoms with Gasteiger partial charge in [0.15, 0.2) is 5.96 Å². The molecule has 0 saturated carbocycles. The Morgan fingerprint density at radius 1 is 0.714 bits per heavy atom. The third kappa shape index (κ3) is 22.7. The minimum atomic E-state index is -1.39. The molecular weight excluding hydrogens is 1040 g/mol. The van der Waals surface area contributed by atoms with Crippen molar-refractivity contribution >= 4 is 94.5 Å². The van der Waals surface area contributed by atoms with Crippen molar-refractivity contribution in [3.63, 3.8) is 0 Å². The van der Waals surface area contributed by atoms with Crippen molar-refractivity contribution in [2.24, 2.45) is 28.1 Å². The zero-order chi connectivity index (χ0) is 57.0. The molecule has 0 radical (unpaired) electrons. The Hall–Kier alpha value is -6.91. The smallest absolute Gasteiger partial charge is 0.326 e. The van der Waals surface area contributed by atoms with Gasteiger partial charge in [0.05, 0.1) is 6.33 Å². The van der Waals surface area contributed by atoms with Crippen molar-refractivity contribution in [3.8, 4) is 0 Å². The number of nitrogens with two attached hydrogens (primary N) is 3. The van der Waals surface area contributed by atoms with Gasteiger partial charge in [0.2, 0.25) is 41.4 Å². The number of likely N-dealkylation sites (N-methyl/N-ethyl adjacent to an activating group) is 1. The molecule has 28 heteroatoms. The van der Waals surface area contributed by atoms with E-state index in [4.69, 9.17) is 17.2 Å². The number of hydrogen-bond acceptors (Lipinski definition) is 14. The van der Waals surface area contributed by atoms with Gasteiger partial charge in [-0.1, -0.05) is 32.0 Å². The van der Waals surface area contributed by atoms with Crippen LogP contribution in [0.3, 0.4) is 0 Å². The van der Waals surface area contributed by atoms with Crippen LogP contribution in [0.15, 0.2) is 48.0 Å². The van der Waals surface area contributed by atoms with Gasteiger partial charge in [-0.25, -0.2) is 9.78 Å². The first-order valence-electron chi connectivity index (χ1n) is 25.2. The van der Waals surface area contributed by atoms with Crippen molar-refractivity contribution in [2.75, 3.05) is 37.9 Å². The second-order valence-electron chi connectivity index (χ2n) is 18.6. The molecule has 0 fully saturated rings. The number of guanidine groups is 1. The van der Waals surface area contributed by atoms with Crippen LogP contribution in [0.25, 0.3) is 16.2 Å². The van der Waals surface area contributed by atoms with Crippen LogP contribution in [0.4, 0.5) is 0 Å². The third-order valence-electron chi connectivity index (χ3n) is 12.1. The van der Waals surface area contributed by atoms with Gasteiger partial charge in [-0.15, -0.1) is 0 Å². The lowest BCUT2D eigenvalue weighted by Gasteiger charge is -2.29. The number of nitrogens with zero attached hydrogens (tertiary/aromatic N) is 3. The molecule has 3 aromatic rings. The number of carbonyl (C=O) groups is 9. The first-order valence-corrected chi connectivity index (χ1v) is 27.3. The summed E-state index contributed by atoms with van der Waals surface area (Å²) < 4.78 is 0. The number of aliphatic carboxylic acids is 2. The normalized spacial score (nSPS) is 14.3. The number of aliphatic imine (C=N–C) groups is 1. The third-order valence-corrected chi connectivity index (χ3v) is 13.1. The molecule has 77 heavy (non-hydrogen) atoms. The van der Waals surface area contributed by atoms with Crippen molar-refractivity contribution in [1.82, 2.24) is 52.2 Å². The number of carboxylic acid groups (broad SMARTS) is 2. The number of amides is 7. The second-order valence-corrected chi connectivity index (χ2v) is 20.0. The molecule has 426 valence electrons. The van der Waals surface area contributed by atoms with Crippen LogP contribution in [0.1, 0.15) is 82.9 Å². The molecular formula is C49H76N15O11S2-. The number of fused-ring (bicyclic) bond motifs is 1. The van der Waals surface area contributed by atoms with E-state index < -0.39 is 108 Å². The average molecular weight is 1120 g/mol. The highest BCUT2D eigenvalue weighted by Crippen LogP contribution is 2.20. The molecule has 0 saturated heterocycles. The lowest BCUT2D eigenvalue weighted by Crippen LogP contribution is -2.60. The molecule has 2 heterocycles. The quantitative estimate of drug-likeness (QED) is 0.0147. The number of carbonyl (C=O) groups excluding carboxylic acids is 7. The maximum absolute atomic E-state index is 14.4. The number of aromatic amines is 2. The molecule has 1 aromatic carbocycles. The minimum Gasteiger partial charge on any atom is -0.654 e. The lowest BCUT2D eigenvalue weighted by atomic mass is 10.0. The Bertz CT molecular complexity index is 2430. The zero-order valence-corrected chi connectivity index (χ0v) is 45.6. The van der Waals surface area contributed by atoms with Crippen LogP contribution in [-0.2, 0) is 56.0 Å². The van der Waals surface area contributed by atoms with Crippen molar-refractivity contribution in [1.29, 1.82) is 0 Å². The van der Waals surface area contributed by atoms with Crippen LogP contribution >= 0.6 is 24.4 Å². The molecule has 0 bridgehead atoms. The molecule has 0 aliphatic carbocycles. The maximum atomic E-state index is 14.4. The number of para-hydroxylation sites is 1. The fourth-order valence-electron chi connectivity index (χ4n) is 8.01. The Kier molecular flexibility index (Phi) is 28.4. The van der Waals surface area contributed by atoms with Crippen molar-refractivity contribution in [3.05, 3.63) is 59.6 Å². The molecule has 8 atom stereocenters. The van der Waals surface area contributed by atoms with Gasteiger partial charge in [0, 0.05) is 54.8 Å². The predicted molar refractivity (Wildman–Crippen MR) is 295 cm³/mol. The van der Waals surface area contributed by atoms with Crippen molar-refractivity contribution in [2.45, 2.75) is 133 Å². The van der Waals surface area contributed by atoms with E-state index in [-0.39, 0.29) is 82.1 Å². The topological polar surface area (TPSA) is 427 Å². The van der Waals surface area contributed by atoms with Gasteiger partial charge in [0.1, 0.15) is 42.3 Å². The fraction of sp³-hybridized carbons (Fsp3) is 0.571. The number of thiol groups is 1. The van der Waals surface area contributed by atoms with Crippen LogP contribution in [-0.4, -0.2) is 171 Å². The summed E-state index contributed by atoms with van der Waals surface area (Å²) in [5.41, 5.74) is 18.7. The van der Waals surface area contributed by atoms with Crippen LogP contribution < -0.4 is 54.4 Å². The molecule has 0 aliphatic rings. The van der Waals surface area contributed by atoms with E-state index in [1.165, 1.54) is 31.3 Å². The molecule has 2 aromatic heterocycles. The van der Waals surface area contributed by atoms with Gasteiger partial charge in [-0.3, -0.25) is 43.3 Å². The first kappa shape index (κ1) is 64.4. The number of H-pyrrole nitrogens is 2. The van der Waals surface area contributed by atoms with Crippen LogP contribution in [0.2, 0.25) is 0 Å². The Morgan fingerprint density at radius 3 is 1.81 bits per heavy atom. The standard InChI is InChI=1S/C49H76N15O11S2/c1-27(2)20-36(62-43(69)34(14-15-40(65)66)60-47(73)39(25-76)53-3)45(71)59-33(13-9-18-55-49(51)52)41(67)61-35(16-19-77-4)44(70)63-37(22-29-24-54-26-57-29)46(72)58-32(12-7-8-17-50)42(68)64-38(48(74)75)21-28-23-56-31-11-6-5-10-30(28)31/h5-6,10-11,23-24,26-27,32-39,56,76H,7-9,12-22,25,50H2,1-4H3,(H,54,57)(H,58,72)(H,59,71)(H,60,73)(H,61,67)(H,62,69)(H,63,70)(H,64,68)(H,65,66)(H,74,75)(H4,51,52,55)/q-1. The van der Waals surface area contributed by atoms with Gasteiger partial charge >= 0.3 is 11.9 Å². The highest BCUT2D eigenvalue weighted by Gasteiger charge is 2.35. The zero-order valence-electron chi connectivity index (χ0n) is 43.8. The Labute approximate surface area is 456 Å². The van der Waals surface area contributed by atoms with E-state index in [1.807, 2.05) is 24.3 Å². The van der Waals surface area contributed by atoms with Gasteiger partial charge < -0.3 is 79.9 Å². The summed E-state index contributed by atoms with van der Waals surface area (Å²) in [6, 6.07) is -3.05. The van der Waals surface area contributed by atoms with Crippen LogP contribution in [0.5, 0.6) is 0 Å². The van der Waals surface area contributed by atoms with E-state index in [1.54, 1.807) is 26.3 Å². The highest BCUT2D eigenvalue weighted by atomic mass is 32.2. The summed E-state index contributed by atoms with van der Waals surface area (Å²) in [6.07, 6.45) is 6.29. The van der Waals surface area contributed by atoms with E-state index in [2.05, 4.69) is 75.1 Å². The summed E-state index contributed by atoms with van der Waals surface area (Å²) in [5, 5.41) is 42.9. The fourth-order valence-corrected chi connectivity index (χ4v) is 8.81. The summed E-state index contributed by atoms with van der Waals surface area (Å²) in [7, 11) is 1.39. The number of benzene rings is 1. The first-order chi connectivity index (χ1) is 36.7. The average Bonchev–Trinajstić information content (AvgIpc) is 4.06. The number of unbranched alkanes of at least 4 members (excludes halogenated alkanes) is 1. The number of imidazole rings is 1. The van der Waals surface area contributed by atoms with E-state index in [0.29, 0.717) is 29.9 Å². The minimum absolute atomic E-state index is 0.00440. The highest BCUT2D eigenvalue weighted by molar-refractivity contribution is 7.98. The molecule has 0 spiro atoms. The largest absolute Gasteiger partial charge is 0.654 e. The van der Waals surface area contributed by atoms with E-state index >= 15 is 0 Å². The molecule has 17 N–H and O–H groups in total.